The molecule has 3 aromatic rings. The number of carbonyl (C=O) groups is 1. The van der Waals surface area contributed by atoms with E-state index < -0.39 is 17.5 Å². The van der Waals surface area contributed by atoms with Gasteiger partial charge in [0.2, 0.25) is 0 Å². The van der Waals surface area contributed by atoms with Gasteiger partial charge in [-0.05, 0) is 29.8 Å². The molecule has 0 fully saturated rings. The molecule has 0 saturated heterocycles. The number of amides is 1. The third-order valence-electron chi connectivity index (χ3n) is 4.65. The van der Waals surface area contributed by atoms with Crippen LogP contribution in [0.25, 0.3) is 0 Å². The van der Waals surface area contributed by atoms with Crippen molar-refractivity contribution >= 4 is 17.5 Å². The van der Waals surface area contributed by atoms with Gasteiger partial charge in [-0.25, -0.2) is 8.78 Å². The Labute approximate surface area is 154 Å². The van der Waals surface area contributed by atoms with Gasteiger partial charge in [0.25, 0.3) is 5.91 Å². The molecule has 4 rings (SSSR count). The minimum absolute atomic E-state index is 0.0356. The quantitative estimate of drug-likeness (QED) is 0.600. The van der Waals surface area contributed by atoms with E-state index in [0.717, 1.165) is 23.4 Å². The van der Waals surface area contributed by atoms with Crippen LogP contribution in [-0.4, -0.2) is 21.9 Å². The molecule has 0 spiro atoms. The van der Waals surface area contributed by atoms with Crippen LogP contribution in [0.1, 0.15) is 27.7 Å². The fraction of sp³-hybridized carbons (Fsp3) is 0.150. The Morgan fingerprint density at radius 1 is 1.00 bits per heavy atom. The van der Waals surface area contributed by atoms with Gasteiger partial charge in [0, 0.05) is 25.0 Å². The van der Waals surface area contributed by atoms with Crippen LogP contribution in [-0.2, 0) is 6.54 Å². The third-order valence-corrected chi connectivity index (χ3v) is 4.97. The number of nitrogens with zero attached hydrogens (tertiary/aromatic N) is 2. The van der Waals surface area contributed by atoms with Gasteiger partial charge < -0.3 is 9.47 Å². The van der Waals surface area contributed by atoms with E-state index >= 15 is 0 Å². The van der Waals surface area contributed by atoms with E-state index in [0.29, 0.717) is 13.1 Å². The Kier molecular flexibility index (Phi) is 4.24. The van der Waals surface area contributed by atoms with Gasteiger partial charge >= 0.3 is 0 Å². The normalized spacial score (nSPS) is 16.4. The summed E-state index contributed by atoms with van der Waals surface area (Å²) in [6.45, 7) is 1.06. The Balaban J connectivity index is 1.80. The largest absolute Gasteiger partial charge is 0.348 e. The Bertz CT molecular complexity index is 971. The topological polar surface area (TPSA) is 25.2 Å². The van der Waals surface area contributed by atoms with E-state index in [1.807, 2.05) is 48.7 Å². The van der Waals surface area contributed by atoms with E-state index in [2.05, 4.69) is 4.57 Å². The van der Waals surface area contributed by atoms with Crippen molar-refractivity contribution in [3.05, 3.63) is 94.3 Å². The minimum atomic E-state index is -1.09. The average molecular weight is 373 g/mol. The molecule has 2 aromatic carbocycles. The van der Waals surface area contributed by atoms with Crippen molar-refractivity contribution in [2.24, 2.45) is 0 Å². The summed E-state index contributed by atoms with van der Waals surface area (Å²) in [7, 11) is 0. The number of benzene rings is 2. The summed E-state index contributed by atoms with van der Waals surface area (Å²) >= 11 is 6.03. The van der Waals surface area contributed by atoms with Crippen LogP contribution in [0.4, 0.5) is 8.78 Å². The first-order chi connectivity index (χ1) is 12.6. The molecule has 0 saturated carbocycles. The summed E-state index contributed by atoms with van der Waals surface area (Å²) in [6, 6.07) is 14.9. The highest BCUT2D eigenvalue weighted by molar-refractivity contribution is 6.33. The molecule has 26 heavy (non-hydrogen) atoms. The van der Waals surface area contributed by atoms with Gasteiger partial charge in [-0.3, -0.25) is 4.79 Å². The first-order valence-corrected chi connectivity index (χ1v) is 8.59. The molecule has 0 N–H and O–H groups in total. The van der Waals surface area contributed by atoms with Crippen molar-refractivity contribution in [3.8, 4) is 0 Å². The summed E-state index contributed by atoms with van der Waals surface area (Å²) < 4.78 is 29.2. The van der Waals surface area contributed by atoms with Crippen molar-refractivity contribution < 1.29 is 13.6 Å². The van der Waals surface area contributed by atoms with E-state index in [9.17, 15) is 13.6 Å². The molecule has 3 nitrogen and oxygen atoms in total. The van der Waals surface area contributed by atoms with Crippen molar-refractivity contribution in [2.45, 2.75) is 12.6 Å². The van der Waals surface area contributed by atoms with E-state index in [4.69, 9.17) is 11.6 Å². The third kappa shape index (κ3) is 2.78. The van der Waals surface area contributed by atoms with Crippen LogP contribution in [0.15, 0.2) is 60.8 Å². The molecule has 1 aliphatic heterocycles. The van der Waals surface area contributed by atoms with Gasteiger partial charge in [0.1, 0.15) is 0 Å². The zero-order chi connectivity index (χ0) is 18.3. The Morgan fingerprint density at radius 2 is 1.73 bits per heavy atom. The van der Waals surface area contributed by atoms with Crippen LogP contribution in [0, 0.1) is 11.6 Å². The lowest BCUT2D eigenvalue weighted by molar-refractivity contribution is 0.0663. The summed E-state index contributed by atoms with van der Waals surface area (Å²) in [5, 5.41) is -0.0957. The second-order valence-electron chi connectivity index (χ2n) is 6.18. The monoisotopic (exact) mass is 372 g/mol. The molecule has 1 unspecified atom stereocenters. The number of hydrogen-bond acceptors (Lipinski definition) is 1. The number of carbonyl (C=O) groups excluding carboxylic acids is 1. The van der Waals surface area contributed by atoms with Crippen molar-refractivity contribution in [2.75, 3.05) is 6.54 Å². The molecular weight excluding hydrogens is 358 g/mol. The van der Waals surface area contributed by atoms with Crippen LogP contribution in [0.2, 0.25) is 5.02 Å². The highest BCUT2D eigenvalue weighted by Crippen LogP contribution is 2.34. The zero-order valence-corrected chi connectivity index (χ0v) is 14.5. The smallest absolute Gasteiger partial charge is 0.256 e. The molecule has 0 radical (unpaired) electrons. The summed E-state index contributed by atoms with van der Waals surface area (Å²) in [4.78, 5) is 14.8. The van der Waals surface area contributed by atoms with Gasteiger partial charge in [0.15, 0.2) is 11.6 Å². The lowest BCUT2D eigenvalue weighted by Gasteiger charge is -2.37. The minimum Gasteiger partial charge on any atom is -0.348 e. The molecule has 2 heterocycles. The molecule has 6 heteroatoms. The van der Waals surface area contributed by atoms with Crippen LogP contribution in [0.3, 0.4) is 0 Å². The van der Waals surface area contributed by atoms with E-state index in [-0.39, 0.29) is 16.6 Å². The Morgan fingerprint density at radius 3 is 2.50 bits per heavy atom. The summed E-state index contributed by atoms with van der Waals surface area (Å²) in [5.41, 5.74) is 1.88. The molecule has 0 aliphatic carbocycles. The van der Waals surface area contributed by atoms with Crippen molar-refractivity contribution in [3.63, 3.8) is 0 Å². The van der Waals surface area contributed by atoms with Crippen LogP contribution >= 0.6 is 11.6 Å². The van der Waals surface area contributed by atoms with E-state index in [1.54, 1.807) is 4.90 Å². The van der Waals surface area contributed by atoms with Gasteiger partial charge in [-0.2, -0.15) is 0 Å². The highest BCUT2D eigenvalue weighted by atomic mass is 35.5. The molecular formula is C20H15ClF2N2O. The molecule has 1 aliphatic rings. The number of halogens is 3. The lowest BCUT2D eigenvalue weighted by atomic mass is 9.99. The lowest BCUT2D eigenvalue weighted by Crippen LogP contribution is -2.42. The molecule has 132 valence electrons. The summed E-state index contributed by atoms with van der Waals surface area (Å²) in [5.74, 6) is -2.58. The number of aromatic nitrogens is 1. The molecule has 0 bridgehead atoms. The number of fused-ring (bicyclic) bond motifs is 1. The second-order valence-corrected chi connectivity index (χ2v) is 6.59. The zero-order valence-electron chi connectivity index (χ0n) is 13.7. The number of rotatable bonds is 2. The predicted octanol–water partition coefficient (Wildman–Crippen LogP) is 4.67. The summed E-state index contributed by atoms with van der Waals surface area (Å²) in [6.07, 6.45) is 1.97. The standard InChI is InChI=1S/C20H15ClF2N2O/c21-15-12-17(23)16(22)11-14(15)20(26)25-10-9-24-8-4-7-18(24)19(25)13-5-2-1-3-6-13/h1-8,11-12,19H,9-10H2. The van der Waals surface area contributed by atoms with Crippen LogP contribution < -0.4 is 0 Å². The SMILES string of the molecule is O=C(c1cc(F)c(F)cc1Cl)N1CCn2cccc2C1c1ccccc1. The maximum atomic E-state index is 13.7. The first-order valence-electron chi connectivity index (χ1n) is 8.22. The average Bonchev–Trinajstić information content (AvgIpc) is 3.13. The number of hydrogen-bond donors (Lipinski definition) is 0. The predicted molar refractivity (Wildman–Crippen MR) is 95.1 cm³/mol. The molecule has 1 aromatic heterocycles. The fourth-order valence-corrected chi connectivity index (χ4v) is 3.66. The fourth-order valence-electron chi connectivity index (χ4n) is 3.43. The Hall–Kier alpha value is -2.66. The van der Waals surface area contributed by atoms with Crippen LogP contribution in [0.5, 0.6) is 0 Å². The van der Waals surface area contributed by atoms with Crippen molar-refractivity contribution in [1.29, 1.82) is 0 Å². The maximum Gasteiger partial charge on any atom is 0.256 e. The molecule has 1 atom stereocenters. The van der Waals surface area contributed by atoms with Gasteiger partial charge in [-0.1, -0.05) is 41.9 Å². The first kappa shape index (κ1) is 16.8. The molecule has 1 amide bonds. The van der Waals surface area contributed by atoms with E-state index in [1.165, 1.54) is 0 Å². The second kappa shape index (κ2) is 6.57. The van der Waals surface area contributed by atoms with Crippen molar-refractivity contribution in [1.82, 2.24) is 9.47 Å². The highest BCUT2D eigenvalue weighted by Gasteiger charge is 2.33. The van der Waals surface area contributed by atoms with Gasteiger partial charge in [-0.15, -0.1) is 0 Å². The maximum absolute atomic E-state index is 13.7. The van der Waals surface area contributed by atoms with Gasteiger partial charge in [0.05, 0.1) is 16.6 Å².